The van der Waals surface area contributed by atoms with E-state index in [0.29, 0.717) is 0 Å². The van der Waals surface area contributed by atoms with Gasteiger partial charge in [0, 0.05) is 29.7 Å². The lowest BCUT2D eigenvalue weighted by atomic mass is 10.2. The lowest BCUT2D eigenvalue weighted by Crippen LogP contribution is -2.34. The summed E-state index contributed by atoms with van der Waals surface area (Å²) in [6, 6.07) is 2.04. The van der Waals surface area contributed by atoms with Crippen LogP contribution in [0.2, 0.25) is 0 Å². The van der Waals surface area contributed by atoms with Crippen LogP contribution in [0, 0.1) is 12.8 Å². The minimum atomic E-state index is -3.53. The van der Waals surface area contributed by atoms with Gasteiger partial charge in [-0.05, 0) is 30.4 Å². The van der Waals surface area contributed by atoms with Crippen LogP contribution in [0.3, 0.4) is 0 Å². The maximum Gasteiger partial charge on any atom is 0.235 e. The summed E-state index contributed by atoms with van der Waals surface area (Å²) in [5.41, 5.74) is 1.22. The van der Waals surface area contributed by atoms with Crippen molar-refractivity contribution in [1.29, 1.82) is 0 Å². The molecule has 8 heteroatoms. The Kier molecular flexibility index (Phi) is 4.67. The molecule has 0 saturated heterocycles. The molecule has 2 atom stereocenters. The highest BCUT2D eigenvalue weighted by Crippen LogP contribution is 2.50. The Hall–Kier alpha value is -1.41. The molecule has 6 nitrogen and oxygen atoms in total. The molecule has 0 bridgehead atoms. The van der Waals surface area contributed by atoms with E-state index >= 15 is 0 Å². The van der Waals surface area contributed by atoms with Crippen LogP contribution in [-0.4, -0.2) is 33.0 Å². The summed E-state index contributed by atoms with van der Waals surface area (Å²) >= 11 is 1.67. The fraction of sp³-hybridized carbons (Fsp3) is 0.538. The highest BCUT2D eigenvalue weighted by molar-refractivity contribution is 7.89. The van der Waals surface area contributed by atoms with Gasteiger partial charge in [0.25, 0.3) is 0 Å². The Labute approximate surface area is 128 Å². The van der Waals surface area contributed by atoms with Crippen LogP contribution in [0.25, 0.3) is 0 Å². The van der Waals surface area contributed by atoms with E-state index in [1.807, 2.05) is 23.1 Å². The molecule has 1 aliphatic rings. The van der Waals surface area contributed by atoms with E-state index in [1.54, 1.807) is 11.3 Å². The quantitative estimate of drug-likeness (QED) is 0.805. The number of hydrogen-bond acceptors (Lipinski definition) is 5. The van der Waals surface area contributed by atoms with Gasteiger partial charge in [0.05, 0.1) is 6.26 Å². The average Bonchev–Trinajstić information content (AvgIpc) is 3.02. The van der Waals surface area contributed by atoms with Crippen molar-refractivity contribution in [2.24, 2.45) is 5.92 Å². The average molecular weight is 330 g/mol. The molecule has 116 valence electrons. The summed E-state index contributed by atoms with van der Waals surface area (Å²) in [7, 11) is -3.53. The molecule has 21 heavy (non-hydrogen) atoms. The maximum atomic E-state index is 11.9. The van der Waals surface area contributed by atoms with Crippen molar-refractivity contribution in [2.75, 3.05) is 12.8 Å². The zero-order valence-electron chi connectivity index (χ0n) is 11.9. The van der Waals surface area contributed by atoms with Gasteiger partial charge in [-0.25, -0.2) is 8.42 Å². The Morgan fingerprint density at radius 1 is 1.43 bits per heavy atom. The Morgan fingerprint density at radius 3 is 2.71 bits per heavy atom. The van der Waals surface area contributed by atoms with Crippen LogP contribution in [0.15, 0.2) is 11.4 Å². The summed E-state index contributed by atoms with van der Waals surface area (Å²) < 4.78 is 23.6. The van der Waals surface area contributed by atoms with E-state index in [4.69, 9.17) is 0 Å². The first-order valence-electron chi connectivity index (χ1n) is 6.60. The fourth-order valence-electron chi connectivity index (χ4n) is 2.23. The summed E-state index contributed by atoms with van der Waals surface area (Å²) in [4.78, 5) is 24.5. The number of rotatable bonds is 6. The van der Waals surface area contributed by atoms with Crippen LogP contribution in [0.4, 0.5) is 0 Å². The van der Waals surface area contributed by atoms with Gasteiger partial charge in [0.1, 0.15) is 0 Å². The van der Waals surface area contributed by atoms with Crippen LogP contribution in [0.5, 0.6) is 0 Å². The van der Waals surface area contributed by atoms with Crippen molar-refractivity contribution in [3.63, 3.8) is 0 Å². The van der Waals surface area contributed by atoms with Crippen LogP contribution in [-0.2, 0) is 19.6 Å². The van der Waals surface area contributed by atoms with Gasteiger partial charge in [0.15, 0.2) is 0 Å². The third kappa shape index (κ3) is 4.53. The summed E-state index contributed by atoms with van der Waals surface area (Å²) in [5.74, 6) is -0.422. The van der Waals surface area contributed by atoms with Crippen molar-refractivity contribution in [3.8, 4) is 0 Å². The van der Waals surface area contributed by atoms with Gasteiger partial charge < -0.3 is 5.32 Å². The fourth-order valence-corrected chi connectivity index (χ4v) is 3.85. The van der Waals surface area contributed by atoms with E-state index in [9.17, 15) is 18.0 Å². The Morgan fingerprint density at radius 2 is 2.14 bits per heavy atom. The minimum Gasteiger partial charge on any atom is -0.355 e. The van der Waals surface area contributed by atoms with Crippen LogP contribution in [0.1, 0.15) is 29.2 Å². The SMILES string of the molecule is Cc1ccsc1[C@H]1C[C@@H]1C(=O)NCCC(=O)NS(C)(=O)=O. The van der Waals surface area contributed by atoms with Crippen molar-refractivity contribution in [1.82, 2.24) is 10.0 Å². The molecule has 2 amide bonds. The first-order valence-corrected chi connectivity index (χ1v) is 9.37. The van der Waals surface area contributed by atoms with E-state index in [1.165, 1.54) is 10.4 Å². The molecule has 1 heterocycles. The van der Waals surface area contributed by atoms with Gasteiger partial charge in [-0.2, -0.15) is 0 Å². The van der Waals surface area contributed by atoms with E-state index in [2.05, 4.69) is 5.32 Å². The number of aryl methyl sites for hydroxylation is 1. The third-order valence-electron chi connectivity index (χ3n) is 3.32. The molecule has 0 radical (unpaired) electrons. The van der Waals surface area contributed by atoms with E-state index < -0.39 is 15.9 Å². The smallest absolute Gasteiger partial charge is 0.235 e. The summed E-state index contributed by atoms with van der Waals surface area (Å²) in [5, 5.41) is 4.70. The third-order valence-corrected chi connectivity index (χ3v) is 5.07. The standard InChI is InChI=1S/C13H18N2O4S2/c1-8-4-6-20-12(8)9-7-10(9)13(17)14-5-3-11(16)15-21(2,18)19/h4,6,9-10H,3,5,7H2,1-2H3,(H,14,17)(H,15,16)/t9-,10-/m0/s1. The van der Waals surface area contributed by atoms with Gasteiger partial charge in [-0.1, -0.05) is 0 Å². The Bertz CT molecular complexity index is 651. The van der Waals surface area contributed by atoms with Crippen molar-refractivity contribution < 1.29 is 18.0 Å². The number of sulfonamides is 1. The highest BCUT2D eigenvalue weighted by atomic mass is 32.2. The summed E-state index contributed by atoms with van der Waals surface area (Å²) in [6.45, 7) is 2.18. The van der Waals surface area contributed by atoms with E-state index in [-0.39, 0.29) is 30.7 Å². The topological polar surface area (TPSA) is 92.3 Å². The zero-order valence-corrected chi connectivity index (χ0v) is 13.5. The number of carbonyl (C=O) groups is 2. The summed E-state index contributed by atoms with van der Waals surface area (Å²) in [6.07, 6.45) is 1.71. The molecule has 2 rings (SSSR count). The molecule has 2 N–H and O–H groups in total. The zero-order chi connectivity index (χ0) is 15.6. The monoisotopic (exact) mass is 330 g/mol. The lowest BCUT2D eigenvalue weighted by Gasteiger charge is -2.05. The molecular weight excluding hydrogens is 312 g/mol. The largest absolute Gasteiger partial charge is 0.355 e. The van der Waals surface area contributed by atoms with Gasteiger partial charge in [0.2, 0.25) is 21.8 Å². The molecule has 1 fully saturated rings. The number of nitrogens with one attached hydrogen (secondary N) is 2. The number of carbonyl (C=O) groups excluding carboxylic acids is 2. The number of thiophene rings is 1. The predicted octanol–water partition coefficient (Wildman–Crippen LogP) is 0.742. The van der Waals surface area contributed by atoms with E-state index in [0.717, 1.165) is 12.7 Å². The van der Waals surface area contributed by atoms with Crippen LogP contribution >= 0.6 is 11.3 Å². The highest BCUT2D eigenvalue weighted by Gasteiger charge is 2.45. The molecule has 0 aromatic carbocycles. The first-order chi connectivity index (χ1) is 9.78. The Balaban J connectivity index is 1.72. The second-order valence-electron chi connectivity index (χ2n) is 5.25. The maximum absolute atomic E-state index is 11.9. The van der Waals surface area contributed by atoms with Gasteiger partial charge >= 0.3 is 0 Å². The second kappa shape index (κ2) is 6.15. The van der Waals surface area contributed by atoms with Crippen molar-refractivity contribution in [3.05, 3.63) is 21.9 Å². The van der Waals surface area contributed by atoms with Crippen LogP contribution < -0.4 is 10.0 Å². The van der Waals surface area contributed by atoms with Crippen molar-refractivity contribution in [2.45, 2.75) is 25.7 Å². The van der Waals surface area contributed by atoms with Gasteiger partial charge in [-0.3, -0.25) is 14.3 Å². The van der Waals surface area contributed by atoms with Crippen molar-refractivity contribution >= 4 is 33.2 Å². The molecular formula is C13H18N2O4S2. The molecule has 0 spiro atoms. The molecule has 1 saturated carbocycles. The first kappa shape index (κ1) is 16.0. The lowest BCUT2D eigenvalue weighted by molar-refractivity contribution is -0.122. The normalized spacial score (nSPS) is 20.9. The predicted molar refractivity (Wildman–Crippen MR) is 80.5 cm³/mol. The molecule has 1 aromatic heterocycles. The second-order valence-corrected chi connectivity index (χ2v) is 7.95. The van der Waals surface area contributed by atoms with Gasteiger partial charge in [-0.15, -0.1) is 11.3 Å². The minimum absolute atomic E-state index is 0.0275. The number of hydrogen-bond donors (Lipinski definition) is 2. The molecule has 1 aliphatic carbocycles. The molecule has 0 unspecified atom stereocenters. The number of amides is 2. The molecule has 0 aliphatic heterocycles. The molecule has 1 aromatic rings.